The van der Waals surface area contributed by atoms with Crippen LogP contribution in [0.5, 0.6) is 0 Å². The van der Waals surface area contributed by atoms with Crippen LogP contribution in [0.1, 0.15) is 0 Å². The first-order chi connectivity index (χ1) is 28.3. The number of fused-ring (bicyclic) bond motifs is 9. The molecular weight excluding hydrogens is 713 g/mol. The summed E-state index contributed by atoms with van der Waals surface area (Å²) in [7, 11) is 0. The Morgan fingerprint density at radius 1 is 0.386 bits per heavy atom. The highest BCUT2D eigenvalue weighted by atomic mass is 32.1. The first-order valence-corrected chi connectivity index (χ1v) is 20.1. The van der Waals surface area contributed by atoms with Gasteiger partial charge in [0.1, 0.15) is 11.2 Å². The molecule has 0 N–H and O–H groups in total. The molecule has 266 valence electrons. The maximum atomic E-state index is 5.63. The molecule has 0 saturated heterocycles. The molecule has 4 nitrogen and oxygen atoms in total. The quantitative estimate of drug-likeness (QED) is 0.176. The lowest BCUT2D eigenvalue weighted by Gasteiger charge is -2.13. The molecule has 0 aliphatic heterocycles. The number of hydrogen-bond acceptors (Lipinski definition) is 3. The average Bonchev–Trinajstić information content (AvgIpc) is 3.94. The van der Waals surface area contributed by atoms with E-state index in [4.69, 9.17) is 9.97 Å². The summed E-state index contributed by atoms with van der Waals surface area (Å²) in [4.78, 5) is 11.1. The minimum atomic E-state index is 0.702. The molecule has 8 aromatic carbocycles. The smallest absolute Gasteiger partial charge is 0.160 e. The maximum absolute atomic E-state index is 5.63. The topological polar surface area (TPSA) is 35.6 Å². The van der Waals surface area contributed by atoms with E-state index < -0.39 is 0 Å². The van der Waals surface area contributed by atoms with E-state index in [2.05, 4.69) is 203 Å². The van der Waals surface area contributed by atoms with Crippen molar-refractivity contribution in [3.63, 3.8) is 0 Å². The lowest BCUT2D eigenvalue weighted by atomic mass is 10.0. The van der Waals surface area contributed by atoms with Crippen molar-refractivity contribution in [2.24, 2.45) is 0 Å². The SMILES string of the molecule is c1ccc(-c2ccc3c(c2)c2cc(-c4nc(-c5cccc6c5sc5ccccc56)c5c(n4)c4ccccc4n5-c4ccccc4)ccc2n3-c2ccccc2)cc1. The van der Waals surface area contributed by atoms with E-state index in [1.54, 1.807) is 0 Å². The largest absolute Gasteiger partial charge is 0.309 e. The number of rotatable bonds is 5. The summed E-state index contributed by atoms with van der Waals surface area (Å²) >= 11 is 1.83. The standard InChI is InChI=1S/C52H32N4S/c1-4-15-33(16-5-1)34-27-29-45-42(31-34)43-32-35(28-30-46(43)55(45)36-17-6-2-7-18-36)52-53-48-40-22-10-12-25-44(40)56(37-19-8-3-9-20-37)50(48)49(54-52)41-24-14-23-39-38-21-11-13-26-47(38)57-51(39)41/h1-32H. The van der Waals surface area contributed by atoms with E-state index in [-0.39, 0.29) is 0 Å². The van der Waals surface area contributed by atoms with E-state index in [1.807, 2.05) is 11.3 Å². The van der Waals surface area contributed by atoms with Crippen molar-refractivity contribution in [2.45, 2.75) is 0 Å². The summed E-state index contributed by atoms with van der Waals surface area (Å²) in [6, 6.07) is 69.4. The molecule has 12 aromatic rings. The predicted octanol–water partition coefficient (Wildman–Crippen LogP) is 14.0. The van der Waals surface area contributed by atoms with Gasteiger partial charge in [0.2, 0.25) is 0 Å². The van der Waals surface area contributed by atoms with E-state index in [1.165, 1.54) is 36.7 Å². The fourth-order valence-electron chi connectivity index (χ4n) is 8.77. The van der Waals surface area contributed by atoms with Gasteiger partial charge in [0, 0.05) is 58.8 Å². The van der Waals surface area contributed by atoms with Gasteiger partial charge in [-0.1, -0.05) is 127 Å². The minimum Gasteiger partial charge on any atom is -0.309 e. The predicted molar refractivity (Wildman–Crippen MR) is 240 cm³/mol. The molecule has 0 radical (unpaired) electrons. The zero-order valence-corrected chi connectivity index (χ0v) is 31.5. The van der Waals surface area contributed by atoms with Crippen molar-refractivity contribution in [2.75, 3.05) is 0 Å². The second-order valence-corrected chi connectivity index (χ2v) is 15.6. The van der Waals surface area contributed by atoms with E-state index in [0.717, 1.165) is 66.6 Å². The molecule has 0 fully saturated rings. The van der Waals surface area contributed by atoms with Gasteiger partial charge in [-0.15, -0.1) is 11.3 Å². The summed E-state index contributed by atoms with van der Waals surface area (Å²) < 4.78 is 7.21. The Labute approximate surface area is 332 Å². The highest BCUT2D eigenvalue weighted by Crippen LogP contribution is 2.44. The third-order valence-electron chi connectivity index (χ3n) is 11.3. The summed E-state index contributed by atoms with van der Waals surface area (Å²) in [6.45, 7) is 0. The van der Waals surface area contributed by atoms with Crippen LogP contribution in [0, 0.1) is 0 Å². The molecule has 0 aliphatic carbocycles. The Balaban J connectivity index is 1.18. The van der Waals surface area contributed by atoms with Gasteiger partial charge in [-0.2, -0.15) is 0 Å². The fourth-order valence-corrected chi connectivity index (χ4v) is 9.98. The van der Waals surface area contributed by atoms with Crippen molar-refractivity contribution < 1.29 is 0 Å². The molecule has 0 spiro atoms. The third kappa shape index (κ3) is 4.93. The van der Waals surface area contributed by atoms with E-state index in [9.17, 15) is 0 Å². The van der Waals surface area contributed by atoms with Crippen molar-refractivity contribution >= 4 is 75.3 Å². The van der Waals surface area contributed by atoms with Gasteiger partial charge in [0.15, 0.2) is 5.82 Å². The lowest BCUT2D eigenvalue weighted by molar-refractivity contribution is 1.15. The Morgan fingerprint density at radius 2 is 0.965 bits per heavy atom. The molecule has 4 heterocycles. The van der Waals surface area contributed by atoms with Crippen molar-refractivity contribution in [1.82, 2.24) is 19.1 Å². The summed E-state index contributed by atoms with van der Waals surface area (Å²) in [5.74, 6) is 0.702. The van der Waals surface area contributed by atoms with Crippen LogP contribution in [-0.2, 0) is 0 Å². The molecule has 0 amide bonds. The van der Waals surface area contributed by atoms with Crippen LogP contribution >= 0.6 is 11.3 Å². The normalized spacial score (nSPS) is 11.9. The number of hydrogen-bond donors (Lipinski definition) is 0. The Kier molecular flexibility index (Phi) is 7.06. The second-order valence-electron chi connectivity index (χ2n) is 14.6. The van der Waals surface area contributed by atoms with Crippen molar-refractivity contribution in [3.05, 3.63) is 194 Å². The number of nitrogens with zero attached hydrogens (tertiary/aromatic N) is 4. The molecule has 0 saturated carbocycles. The zero-order valence-electron chi connectivity index (χ0n) is 30.7. The molecule has 4 aromatic heterocycles. The summed E-state index contributed by atoms with van der Waals surface area (Å²) in [5, 5.41) is 5.96. The Hall–Kier alpha value is -7.34. The van der Waals surface area contributed by atoms with Gasteiger partial charge in [-0.25, -0.2) is 9.97 Å². The van der Waals surface area contributed by atoms with Gasteiger partial charge in [0.25, 0.3) is 0 Å². The first-order valence-electron chi connectivity index (χ1n) is 19.3. The fraction of sp³-hybridized carbons (Fsp3) is 0. The average molecular weight is 745 g/mol. The van der Waals surface area contributed by atoms with Gasteiger partial charge < -0.3 is 9.13 Å². The number of para-hydroxylation sites is 3. The summed E-state index contributed by atoms with van der Waals surface area (Å²) in [5.41, 5.74) is 12.9. The van der Waals surface area contributed by atoms with Crippen LogP contribution in [0.2, 0.25) is 0 Å². The number of benzene rings is 8. The van der Waals surface area contributed by atoms with E-state index in [0.29, 0.717) is 5.82 Å². The highest BCUT2D eigenvalue weighted by Gasteiger charge is 2.24. The Morgan fingerprint density at radius 3 is 1.72 bits per heavy atom. The van der Waals surface area contributed by atoms with Gasteiger partial charge >= 0.3 is 0 Å². The third-order valence-corrected chi connectivity index (χ3v) is 12.5. The van der Waals surface area contributed by atoms with Crippen LogP contribution in [-0.4, -0.2) is 19.1 Å². The molecule has 0 unspecified atom stereocenters. The van der Waals surface area contributed by atoms with Crippen LogP contribution in [0.25, 0.3) is 109 Å². The number of aromatic nitrogens is 4. The van der Waals surface area contributed by atoms with Crippen LogP contribution < -0.4 is 0 Å². The van der Waals surface area contributed by atoms with Crippen LogP contribution in [0.15, 0.2) is 194 Å². The molecule has 5 heteroatoms. The Bertz CT molecular complexity index is 3510. The first kappa shape index (κ1) is 32.0. The second kappa shape index (κ2) is 12.6. The van der Waals surface area contributed by atoms with Crippen molar-refractivity contribution in [3.8, 4) is 45.1 Å². The molecular formula is C52H32N4S. The van der Waals surface area contributed by atoms with Gasteiger partial charge in [-0.3, -0.25) is 0 Å². The van der Waals surface area contributed by atoms with Crippen LogP contribution in [0.3, 0.4) is 0 Å². The van der Waals surface area contributed by atoms with Crippen molar-refractivity contribution in [1.29, 1.82) is 0 Å². The van der Waals surface area contributed by atoms with Gasteiger partial charge in [0.05, 0.1) is 22.1 Å². The minimum absolute atomic E-state index is 0.702. The molecule has 57 heavy (non-hydrogen) atoms. The molecule has 12 rings (SSSR count). The lowest BCUT2D eigenvalue weighted by Crippen LogP contribution is -2.00. The zero-order chi connectivity index (χ0) is 37.5. The van der Waals surface area contributed by atoms with E-state index >= 15 is 0 Å². The highest BCUT2D eigenvalue weighted by molar-refractivity contribution is 7.26. The monoisotopic (exact) mass is 744 g/mol. The molecule has 0 atom stereocenters. The number of thiophene rings is 1. The molecule has 0 aliphatic rings. The van der Waals surface area contributed by atoms with Crippen LogP contribution in [0.4, 0.5) is 0 Å². The van der Waals surface area contributed by atoms with Gasteiger partial charge in [-0.05, 0) is 77.9 Å². The summed E-state index contributed by atoms with van der Waals surface area (Å²) in [6.07, 6.45) is 0. The molecule has 0 bridgehead atoms. The maximum Gasteiger partial charge on any atom is 0.160 e.